The van der Waals surface area contributed by atoms with Crippen LogP contribution < -0.4 is 5.73 Å². The van der Waals surface area contributed by atoms with E-state index in [1.807, 2.05) is 38.1 Å². The molecule has 1 aliphatic heterocycles. The monoisotopic (exact) mass is 394 g/mol. The summed E-state index contributed by atoms with van der Waals surface area (Å²) in [6, 6.07) is 9.91. The number of allylic oxidation sites excluding steroid dienone is 3. The third kappa shape index (κ3) is 2.79. The lowest BCUT2D eigenvalue weighted by Gasteiger charge is -2.30. The fourth-order valence-electron chi connectivity index (χ4n) is 3.84. The third-order valence-electron chi connectivity index (χ3n) is 5.22. The number of aryl methyl sites for hydroxylation is 2. The van der Waals surface area contributed by atoms with Crippen LogP contribution in [0.25, 0.3) is 5.69 Å². The van der Waals surface area contributed by atoms with Crippen LogP contribution >= 0.6 is 11.6 Å². The summed E-state index contributed by atoms with van der Waals surface area (Å²) in [6.07, 6.45) is 1.73. The van der Waals surface area contributed by atoms with Crippen molar-refractivity contribution in [3.63, 3.8) is 0 Å². The van der Waals surface area contributed by atoms with Crippen molar-refractivity contribution < 1.29 is 9.53 Å². The summed E-state index contributed by atoms with van der Waals surface area (Å²) < 4.78 is 7.25. The second-order valence-corrected chi connectivity index (χ2v) is 7.43. The highest BCUT2D eigenvalue weighted by molar-refractivity contribution is 6.31. The van der Waals surface area contributed by atoms with Gasteiger partial charge in [-0.2, -0.15) is 10.4 Å². The molecule has 0 radical (unpaired) electrons. The number of hydrogen-bond acceptors (Lipinski definition) is 5. The molecule has 1 aliphatic carbocycles. The highest BCUT2D eigenvalue weighted by Crippen LogP contribution is 2.46. The van der Waals surface area contributed by atoms with Crippen LogP contribution in [0.3, 0.4) is 0 Å². The first-order valence-corrected chi connectivity index (χ1v) is 9.46. The number of ketones is 1. The number of hydrogen-bond donors (Lipinski definition) is 1. The van der Waals surface area contributed by atoms with E-state index in [0.29, 0.717) is 47.0 Å². The molecule has 142 valence electrons. The van der Waals surface area contributed by atoms with Gasteiger partial charge in [-0.05, 0) is 32.4 Å². The number of rotatable bonds is 2. The smallest absolute Gasteiger partial charge is 0.205 e. The van der Waals surface area contributed by atoms with Gasteiger partial charge in [0.05, 0.1) is 17.3 Å². The van der Waals surface area contributed by atoms with Crippen molar-refractivity contribution in [2.45, 2.75) is 39.0 Å². The van der Waals surface area contributed by atoms with Crippen LogP contribution in [0.2, 0.25) is 5.15 Å². The Balaban J connectivity index is 1.92. The van der Waals surface area contributed by atoms with Gasteiger partial charge in [-0.25, -0.2) is 4.68 Å². The SMILES string of the molecule is Cc1ccc(-n2nc(C)c(C3C(C#N)=C(N)OC4=C3C(=O)CCC4)c2Cl)cc1. The van der Waals surface area contributed by atoms with E-state index >= 15 is 0 Å². The molecule has 0 bridgehead atoms. The molecule has 0 saturated heterocycles. The molecule has 1 unspecified atom stereocenters. The summed E-state index contributed by atoms with van der Waals surface area (Å²) in [5.41, 5.74) is 9.88. The maximum Gasteiger partial charge on any atom is 0.205 e. The van der Waals surface area contributed by atoms with Gasteiger partial charge in [0.1, 0.15) is 22.6 Å². The van der Waals surface area contributed by atoms with E-state index in [2.05, 4.69) is 11.2 Å². The minimum absolute atomic E-state index is 0.0273. The summed E-state index contributed by atoms with van der Waals surface area (Å²) in [5, 5.41) is 14.7. The maximum atomic E-state index is 12.7. The van der Waals surface area contributed by atoms with Crippen molar-refractivity contribution in [3.05, 3.63) is 69.0 Å². The largest absolute Gasteiger partial charge is 0.444 e. The predicted molar refractivity (Wildman–Crippen MR) is 105 cm³/mol. The number of Topliss-reactive ketones (excluding diaryl/α,β-unsaturated/α-hetero) is 1. The number of carbonyl (C=O) groups excluding carboxylic acids is 1. The Morgan fingerprint density at radius 1 is 1.29 bits per heavy atom. The highest BCUT2D eigenvalue weighted by Gasteiger charge is 2.41. The fraction of sp³-hybridized carbons (Fsp3) is 0.286. The van der Waals surface area contributed by atoms with Gasteiger partial charge in [0, 0.05) is 24.0 Å². The van der Waals surface area contributed by atoms with Crippen molar-refractivity contribution in [2.24, 2.45) is 5.73 Å². The first-order valence-electron chi connectivity index (χ1n) is 9.08. The molecule has 1 aromatic carbocycles. The molecule has 1 aromatic heterocycles. The van der Waals surface area contributed by atoms with Crippen LogP contribution in [0, 0.1) is 25.2 Å². The van der Waals surface area contributed by atoms with Crippen LogP contribution in [0.4, 0.5) is 0 Å². The predicted octanol–water partition coefficient (Wildman–Crippen LogP) is 3.96. The summed E-state index contributed by atoms with van der Waals surface area (Å²) in [7, 11) is 0. The third-order valence-corrected chi connectivity index (χ3v) is 5.58. The number of aromatic nitrogens is 2. The van der Waals surface area contributed by atoms with E-state index in [-0.39, 0.29) is 17.2 Å². The van der Waals surface area contributed by atoms with E-state index in [4.69, 9.17) is 22.1 Å². The van der Waals surface area contributed by atoms with E-state index in [1.165, 1.54) is 0 Å². The molecule has 4 rings (SSSR count). The average Bonchev–Trinajstić information content (AvgIpc) is 2.95. The zero-order valence-corrected chi connectivity index (χ0v) is 16.4. The van der Waals surface area contributed by atoms with E-state index in [0.717, 1.165) is 11.3 Å². The Morgan fingerprint density at radius 2 is 2.00 bits per heavy atom. The molecule has 2 aliphatic rings. The molecule has 2 N–H and O–H groups in total. The van der Waals surface area contributed by atoms with Crippen LogP contribution in [0.15, 0.2) is 47.1 Å². The number of nitriles is 1. The van der Waals surface area contributed by atoms with Gasteiger partial charge in [-0.1, -0.05) is 29.3 Å². The lowest BCUT2D eigenvalue weighted by atomic mass is 9.78. The molecule has 0 fully saturated rings. The Bertz CT molecular complexity index is 1090. The molecule has 2 aromatic rings. The Labute approximate surface area is 167 Å². The molecule has 0 saturated carbocycles. The second-order valence-electron chi connectivity index (χ2n) is 7.08. The number of nitrogens with two attached hydrogens (primary N) is 1. The van der Waals surface area contributed by atoms with Crippen LogP contribution in [-0.4, -0.2) is 15.6 Å². The lowest BCUT2D eigenvalue weighted by Crippen LogP contribution is -2.27. The van der Waals surface area contributed by atoms with Gasteiger partial charge in [0.25, 0.3) is 0 Å². The zero-order valence-electron chi connectivity index (χ0n) is 15.6. The quantitative estimate of drug-likeness (QED) is 0.831. The lowest BCUT2D eigenvalue weighted by molar-refractivity contribution is -0.116. The highest BCUT2D eigenvalue weighted by atomic mass is 35.5. The molecule has 6 nitrogen and oxygen atoms in total. The maximum absolute atomic E-state index is 12.7. The van der Waals surface area contributed by atoms with Crippen LogP contribution in [0.5, 0.6) is 0 Å². The molecule has 0 amide bonds. The van der Waals surface area contributed by atoms with Crippen LogP contribution in [-0.2, 0) is 9.53 Å². The van der Waals surface area contributed by atoms with Gasteiger partial charge in [-0.15, -0.1) is 0 Å². The number of halogens is 1. The number of nitrogens with zero attached hydrogens (tertiary/aromatic N) is 3. The van der Waals surface area contributed by atoms with Gasteiger partial charge in [0.2, 0.25) is 5.88 Å². The Kier molecular flexibility index (Phi) is 4.48. The van der Waals surface area contributed by atoms with Gasteiger partial charge < -0.3 is 10.5 Å². The minimum Gasteiger partial charge on any atom is -0.444 e. The summed E-state index contributed by atoms with van der Waals surface area (Å²) in [4.78, 5) is 12.7. The zero-order chi connectivity index (χ0) is 20.0. The van der Waals surface area contributed by atoms with E-state index < -0.39 is 5.92 Å². The van der Waals surface area contributed by atoms with E-state index in [1.54, 1.807) is 4.68 Å². The molecule has 0 spiro atoms. The van der Waals surface area contributed by atoms with Crippen LogP contribution in [0.1, 0.15) is 42.0 Å². The van der Waals surface area contributed by atoms with Gasteiger partial charge in [-0.3, -0.25) is 4.79 Å². The van der Waals surface area contributed by atoms with Crippen molar-refractivity contribution in [1.29, 1.82) is 5.26 Å². The van der Waals surface area contributed by atoms with Gasteiger partial charge >= 0.3 is 0 Å². The standard InChI is InChI=1S/C21H19ClN4O2/c1-11-6-8-13(9-7-11)26-20(22)17(12(2)25-26)18-14(10-23)21(24)28-16-5-3-4-15(27)19(16)18/h6-9,18H,3-5,24H2,1-2H3. The van der Waals surface area contributed by atoms with Crippen molar-refractivity contribution in [3.8, 4) is 11.8 Å². The molecule has 7 heteroatoms. The topological polar surface area (TPSA) is 93.9 Å². The molecular formula is C21H19ClN4O2. The number of ether oxygens (including phenoxy) is 1. The van der Waals surface area contributed by atoms with E-state index in [9.17, 15) is 10.1 Å². The Hall–Kier alpha value is -3.04. The molecule has 28 heavy (non-hydrogen) atoms. The first-order chi connectivity index (χ1) is 13.4. The normalized spacial score (nSPS) is 19.4. The second kappa shape index (κ2) is 6.84. The summed E-state index contributed by atoms with van der Waals surface area (Å²) in [6.45, 7) is 3.82. The molecule has 1 atom stereocenters. The Morgan fingerprint density at radius 3 is 2.68 bits per heavy atom. The van der Waals surface area contributed by atoms with Crippen molar-refractivity contribution in [2.75, 3.05) is 0 Å². The fourth-order valence-corrected chi connectivity index (χ4v) is 4.22. The summed E-state index contributed by atoms with van der Waals surface area (Å²) in [5.74, 6) is -0.130. The average molecular weight is 395 g/mol. The summed E-state index contributed by atoms with van der Waals surface area (Å²) >= 11 is 6.74. The van der Waals surface area contributed by atoms with Gasteiger partial charge in [0.15, 0.2) is 5.78 Å². The minimum atomic E-state index is -0.659. The first kappa shape index (κ1) is 18.3. The molecular weight excluding hydrogens is 376 g/mol. The van der Waals surface area contributed by atoms with Crippen molar-refractivity contribution in [1.82, 2.24) is 9.78 Å². The van der Waals surface area contributed by atoms with Crippen molar-refractivity contribution >= 4 is 17.4 Å². The number of carbonyl (C=O) groups is 1. The molecule has 2 heterocycles. The number of benzene rings is 1.